The number of methoxy groups -OCH3 is 1. The summed E-state index contributed by atoms with van der Waals surface area (Å²) in [7, 11) is 1.29. The van der Waals surface area contributed by atoms with Crippen molar-refractivity contribution in [2.24, 2.45) is 0 Å². The van der Waals surface area contributed by atoms with Gasteiger partial charge in [-0.2, -0.15) is 0 Å². The molecule has 1 rings (SSSR count). The summed E-state index contributed by atoms with van der Waals surface area (Å²) in [5, 5.41) is 36.1. The molecule has 1 aliphatic heterocycles. The molecule has 0 aliphatic carbocycles. The number of hydrogen-bond donors (Lipinski definition) is 4. The Labute approximate surface area is 89.2 Å². The quantitative estimate of drug-likeness (QED) is 0.441. The van der Waals surface area contributed by atoms with Crippen molar-refractivity contribution < 1.29 is 29.9 Å². The fraction of sp³-hybridized carbons (Fsp3) is 1.00. The smallest absolute Gasteiger partial charge is 0.186 e. The van der Waals surface area contributed by atoms with Crippen molar-refractivity contribution in [2.45, 2.75) is 35.7 Å². The third-order valence-corrected chi connectivity index (χ3v) is 2.63. The largest absolute Gasteiger partial charge is 0.387 e. The number of hydrogen-bond acceptors (Lipinski definition) is 6. The molecule has 0 saturated carbocycles. The van der Waals surface area contributed by atoms with Crippen LogP contribution in [0, 0.1) is 0 Å². The molecule has 0 aromatic rings. The zero-order chi connectivity index (χ0) is 10.9. The lowest BCUT2D eigenvalue weighted by Gasteiger charge is -2.40. The number of aliphatic hydroxyl groups excluding tert-OH is 4. The minimum Gasteiger partial charge on any atom is -0.387 e. The van der Waals surface area contributed by atoms with E-state index in [1.165, 1.54) is 7.11 Å². The molecule has 84 valence electrons. The van der Waals surface area contributed by atoms with Crippen LogP contribution in [0.25, 0.3) is 0 Å². The van der Waals surface area contributed by atoms with Crippen LogP contribution in [-0.4, -0.2) is 63.3 Å². The molecule has 1 unspecified atom stereocenters. The zero-order valence-electron chi connectivity index (χ0n) is 7.45. The average Bonchev–Trinajstić information content (AvgIpc) is 2.14. The molecular weight excluding hydrogens is 260 g/mol. The van der Waals surface area contributed by atoms with E-state index in [1.807, 2.05) is 0 Å². The van der Waals surface area contributed by atoms with Crippen molar-refractivity contribution in [3.8, 4) is 0 Å². The Morgan fingerprint density at radius 2 is 1.79 bits per heavy atom. The van der Waals surface area contributed by atoms with Crippen molar-refractivity contribution in [1.82, 2.24) is 0 Å². The highest BCUT2D eigenvalue weighted by atomic mass is 79.9. The number of halogens is 1. The number of ether oxygens (including phenoxy) is 2. The van der Waals surface area contributed by atoms with Crippen molar-refractivity contribution in [3.63, 3.8) is 0 Å². The summed E-state index contributed by atoms with van der Waals surface area (Å²) in [6.45, 7) is 0. The summed E-state index contributed by atoms with van der Waals surface area (Å²) in [6.07, 6.45) is -6.22. The normalized spacial score (nSPS) is 46.3. The van der Waals surface area contributed by atoms with Gasteiger partial charge in [0.25, 0.3) is 0 Å². The molecule has 4 N–H and O–H groups in total. The van der Waals surface area contributed by atoms with Gasteiger partial charge < -0.3 is 29.9 Å². The topological polar surface area (TPSA) is 99.4 Å². The predicted octanol–water partition coefficient (Wildman–Crippen LogP) is -1.85. The predicted molar refractivity (Wildman–Crippen MR) is 48.6 cm³/mol. The van der Waals surface area contributed by atoms with Crippen molar-refractivity contribution in [3.05, 3.63) is 0 Å². The van der Waals surface area contributed by atoms with Crippen LogP contribution in [-0.2, 0) is 9.47 Å². The first-order chi connectivity index (χ1) is 6.49. The van der Waals surface area contributed by atoms with Gasteiger partial charge in [0.05, 0.1) is 0 Å². The van der Waals surface area contributed by atoms with Crippen molar-refractivity contribution in [1.29, 1.82) is 0 Å². The zero-order valence-corrected chi connectivity index (χ0v) is 9.03. The first-order valence-corrected chi connectivity index (χ1v) is 4.95. The fourth-order valence-corrected chi connectivity index (χ4v) is 1.73. The highest BCUT2D eigenvalue weighted by Crippen LogP contribution is 2.25. The standard InChI is InChI=1S/C7H13BrO6/c1-13-7-4(11)2(9)3(10)5(14-7)6(8)12/h2-7,9-12H,1H3/t2-,3-,4+,5-,6?,7-/m0/s1. The van der Waals surface area contributed by atoms with Gasteiger partial charge in [-0.1, -0.05) is 15.9 Å². The molecule has 0 amide bonds. The van der Waals surface area contributed by atoms with E-state index in [0.29, 0.717) is 0 Å². The SMILES string of the molecule is CO[C@H]1O[C@H](C(O)Br)[C@@H](O)[C@H](O)[C@H]1O. The Morgan fingerprint density at radius 3 is 2.21 bits per heavy atom. The molecule has 6 nitrogen and oxygen atoms in total. The van der Waals surface area contributed by atoms with Crippen molar-refractivity contribution in [2.75, 3.05) is 7.11 Å². The van der Waals surface area contributed by atoms with Gasteiger partial charge in [-0.15, -0.1) is 0 Å². The lowest BCUT2D eigenvalue weighted by Crippen LogP contribution is -2.60. The Balaban J connectivity index is 2.73. The molecule has 1 heterocycles. The lowest BCUT2D eigenvalue weighted by molar-refractivity contribution is -0.296. The molecule has 0 aromatic heterocycles. The van der Waals surface area contributed by atoms with E-state index in [4.69, 9.17) is 14.6 Å². The van der Waals surface area contributed by atoms with E-state index in [0.717, 1.165) is 0 Å². The minimum absolute atomic E-state index is 1.04. The molecule has 14 heavy (non-hydrogen) atoms. The van der Waals surface area contributed by atoms with Gasteiger partial charge in [-0.05, 0) is 0 Å². The van der Waals surface area contributed by atoms with Crippen LogP contribution in [0.4, 0.5) is 0 Å². The number of rotatable bonds is 2. The van der Waals surface area contributed by atoms with Crippen LogP contribution < -0.4 is 0 Å². The third-order valence-electron chi connectivity index (χ3n) is 2.11. The molecule has 1 saturated heterocycles. The van der Waals surface area contributed by atoms with Crippen LogP contribution in [0.15, 0.2) is 0 Å². The molecule has 1 fully saturated rings. The van der Waals surface area contributed by atoms with Crippen LogP contribution >= 0.6 is 15.9 Å². The maximum Gasteiger partial charge on any atom is 0.186 e. The molecule has 0 spiro atoms. The summed E-state index contributed by atoms with van der Waals surface area (Å²) >= 11 is 2.80. The van der Waals surface area contributed by atoms with Crippen LogP contribution in [0.1, 0.15) is 0 Å². The van der Waals surface area contributed by atoms with E-state index < -0.39 is 35.7 Å². The van der Waals surface area contributed by atoms with Gasteiger partial charge >= 0.3 is 0 Å². The summed E-state index contributed by atoms with van der Waals surface area (Å²) in [6, 6.07) is 0. The van der Waals surface area contributed by atoms with E-state index in [-0.39, 0.29) is 0 Å². The Morgan fingerprint density at radius 1 is 1.21 bits per heavy atom. The Kier molecular flexibility index (Phi) is 4.26. The summed E-state index contributed by atoms with van der Waals surface area (Å²) in [4.78, 5) is 0. The van der Waals surface area contributed by atoms with Gasteiger partial charge in [0.2, 0.25) is 0 Å². The summed E-state index contributed by atoms with van der Waals surface area (Å²) in [5.41, 5.74) is 0. The maximum absolute atomic E-state index is 9.41. The second-order valence-corrected chi connectivity index (χ2v) is 3.99. The van der Waals surface area contributed by atoms with E-state index >= 15 is 0 Å². The van der Waals surface area contributed by atoms with Crippen molar-refractivity contribution >= 4 is 15.9 Å². The van der Waals surface area contributed by atoms with Gasteiger partial charge in [0, 0.05) is 7.11 Å². The lowest BCUT2D eigenvalue weighted by atomic mass is 9.99. The highest BCUT2D eigenvalue weighted by Gasteiger charge is 2.45. The summed E-state index contributed by atoms with van der Waals surface area (Å²) in [5.74, 6) is 0. The van der Waals surface area contributed by atoms with Crippen LogP contribution in [0.2, 0.25) is 0 Å². The van der Waals surface area contributed by atoms with E-state index in [1.54, 1.807) is 0 Å². The third kappa shape index (κ3) is 2.25. The molecule has 0 bridgehead atoms. The fourth-order valence-electron chi connectivity index (χ4n) is 1.30. The van der Waals surface area contributed by atoms with Gasteiger partial charge in [0.15, 0.2) is 6.29 Å². The van der Waals surface area contributed by atoms with Crippen LogP contribution in [0.3, 0.4) is 0 Å². The Bertz CT molecular complexity index is 187. The van der Waals surface area contributed by atoms with E-state index in [2.05, 4.69) is 15.9 Å². The maximum atomic E-state index is 9.41. The van der Waals surface area contributed by atoms with Gasteiger partial charge in [-0.25, -0.2) is 0 Å². The molecule has 6 atom stereocenters. The molecular formula is C7H13BrO6. The van der Waals surface area contributed by atoms with E-state index in [9.17, 15) is 15.3 Å². The molecule has 0 radical (unpaired) electrons. The molecule has 1 aliphatic rings. The highest BCUT2D eigenvalue weighted by molar-refractivity contribution is 9.09. The van der Waals surface area contributed by atoms with Gasteiger partial charge in [-0.3, -0.25) is 0 Å². The Hall–Kier alpha value is 0.240. The first kappa shape index (κ1) is 12.3. The second-order valence-electron chi connectivity index (χ2n) is 3.05. The first-order valence-electron chi connectivity index (χ1n) is 4.03. The number of alkyl halides is 1. The van der Waals surface area contributed by atoms with Gasteiger partial charge in [0.1, 0.15) is 29.4 Å². The second kappa shape index (κ2) is 4.84. The summed E-state index contributed by atoms with van der Waals surface area (Å²) < 4.78 is 9.74. The molecule has 0 aromatic carbocycles. The monoisotopic (exact) mass is 272 g/mol. The number of aliphatic hydroxyl groups is 4. The molecule has 7 heteroatoms. The minimum atomic E-state index is -1.41. The van der Waals surface area contributed by atoms with Crippen LogP contribution in [0.5, 0.6) is 0 Å². The average molecular weight is 273 g/mol.